The molecular weight excluding hydrogens is 797 g/mol. The monoisotopic (exact) mass is 848 g/mol. The number of alkyl carbamates (subject to hydrolysis) is 1. The van der Waals surface area contributed by atoms with E-state index in [4.69, 9.17) is 9.47 Å². The minimum atomic E-state index is -1.41. The maximum atomic E-state index is 14.1. The molecule has 0 fully saturated rings. The molecule has 1 aliphatic carbocycles. The fourth-order valence-corrected chi connectivity index (χ4v) is 8.41. The topological polar surface area (TPSA) is 163 Å². The predicted molar refractivity (Wildman–Crippen MR) is 241 cm³/mol. The summed E-state index contributed by atoms with van der Waals surface area (Å²) in [6, 6.07) is 33.6. The van der Waals surface area contributed by atoms with Crippen LogP contribution in [0.1, 0.15) is 53.9 Å². The van der Waals surface area contributed by atoms with Crippen LogP contribution in [0.25, 0.3) is 21.9 Å². The molecule has 1 heterocycles. The summed E-state index contributed by atoms with van der Waals surface area (Å²) in [7, 11) is 0. The average molecular weight is 849 g/mol. The first-order valence-electron chi connectivity index (χ1n) is 21.2. The summed E-state index contributed by atoms with van der Waals surface area (Å²) in [5.74, 6) is -3.61. The van der Waals surface area contributed by atoms with E-state index in [-0.39, 0.29) is 50.8 Å². The number of aliphatic hydroxyl groups is 1. The molecule has 324 valence electrons. The first-order chi connectivity index (χ1) is 30.7. The molecule has 0 saturated heterocycles. The fourth-order valence-electron chi connectivity index (χ4n) is 8.41. The van der Waals surface area contributed by atoms with E-state index in [1.807, 2.05) is 103 Å². The second kappa shape index (κ2) is 20.7. The van der Waals surface area contributed by atoms with Crippen LogP contribution < -0.4 is 16.0 Å². The van der Waals surface area contributed by atoms with E-state index in [0.29, 0.717) is 18.5 Å². The molecule has 4 amide bonds. The lowest BCUT2D eigenvalue weighted by molar-refractivity contribution is -0.148. The highest BCUT2D eigenvalue weighted by molar-refractivity contribution is 6.00. The Kier molecular flexibility index (Phi) is 14.4. The smallest absolute Gasteiger partial charge is 0.407 e. The van der Waals surface area contributed by atoms with Gasteiger partial charge in [0.15, 0.2) is 0 Å². The van der Waals surface area contributed by atoms with Gasteiger partial charge in [0, 0.05) is 24.6 Å². The van der Waals surface area contributed by atoms with E-state index in [0.717, 1.165) is 44.2 Å². The molecule has 0 aromatic heterocycles. The summed E-state index contributed by atoms with van der Waals surface area (Å²) in [6.07, 6.45) is 3.15. The molecule has 0 spiro atoms. The van der Waals surface area contributed by atoms with Gasteiger partial charge in [-0.05, 0) is 82.0 Å². The predicted octanol–water partition coefficient (Wildman–Crippen LogP) is 7.21. The van der Waals surface area contributed by atoms with Crippen molar-refractivity contribution in [2.75, 3.05) is 25.1 Å². The lowest BCUT2D eigenvalue weighted by atomic mass is 9.92. The number of anilines is 1. The highest BCUT2D eigenvalue weighted by Gasteiger charge is 2.35. The van der Waals surface area contributed by atoms with Crippen LogP contribution in [-0.2, 0) is 41.6 Å². The normalized spacial score (nSPS) is 15.4. The minimum absolute atomic E-state index is 0.0340. The Bertz CT molecular complexity index is 2460. The molecule has 63 heavy (non-hydrogen) atoms. The number of rotatable bonds is 18. The van der Waals surface area contributed by atoms with Gasteiger partial charge in [-0.25, -0.2) is 9.59 Å². The zero-order chi connectivity index (χ0) is 44.3. The Labute approximate surface area is 367 Å². The molecule has 4 atom stereocenters. The molecule has 1 aliphatic heterocycles. The molecule has 5 aromatic rings. The molecule has 12 nitrogen and oxygen atoms in total. The van der Waals surface area contributed by atoms with E-state index >= 15 is 0 Å². The molecule has 2 aliphatic rings. The first-order valence-corrected chi connectivity index (χ1v) is 21.2. The van der Waals surface area contributed by atoms with Crippen LogP contribution in [0, 0.1) is 5.92 Å². The number of ether oxygens (including phenoxy) is 2. The Morgan fingerprint density at radius 2 is 1.41 bits per heavy atom. The summed E-state index contributed by atoms with van der Waals surface area (Å²) in [6.45, 7) is 7.03. The van der Waals surface area contributed by atoms with Crippen molar-refractivity contribution in [3.63, 3.8) is 0 Å². The van der Waals surface area contributed by atoms with E-state index in [9.17, 15) is 29.1 Å². The first kappa shape index (κ1) is 44.0. The summed E-state index contributed by atoms with van der Waals surface area (Å²) < 4.78 is 11.4. The number of esters is 1. The Morgan fingerprint density at radius 1 is 0.746 bits per heavy atom. The quantitative estimate of drug-likeness (QED) is 0.0531. The zero-order valence-corrected chi connectivity index (χ0v) is 35.0. The number of benzene rings is 5. The van der Waals surface area contributed by atoms with Crippen molar-refractivity contribution in [2.24, 2.45) is 5.92 Å². The van der Waals surface area contributed by atoms with Crippen molar-refractivity contribution >= 4 is 46.2 Å². The van der Waals surface area contributed by atoms with Crippen LogP contribution in [0.4, 0.5) is 10.5 Å². The van der Waals surface area contributed by atoms with Gasteiger partial charge in [-0.15, -0.1) is 13.2 Å². The molecule has 0 bridgehead atoms. The van der Waals surface area contributed by atoms with Gasteiger partial charge in [-0.2, -0.15) is 0 Å². The molecule has 7 rings (SSSR count). The molecule has 5 aromatic carbocycles. The van der Waals surface area contributed by atoms with Gasteiger partial charge < -0.3 is 35.4 Å². The minimum Gasteiger partial charge on any atom is -0.461 e. The largest absolute Gasteiger partial charge is 0.461 e. The van der Waals surface area contributed by atoms with Crippen molar-refractivity contribution in [2.45, 2.75) is 62.7 Å². The summed E-state index contributed by atoms with van der Waals surface area (Å²) >= 11 is 0. The zero-order valence-electron chi connectivity index (χ0n) is 35.0. The van der Waals surface area contributed by atoms with Crippen LogP contribution in [0.3, 0.4) is 0 Å². The Morgan fingerprint density at radius 3 is 2.11 bits per heavy atom. The van der Waals surface area contributed by atoms with Gasteiger partial charge in [-0.1, -0.05) is 115 Å². The van der Waals surface area contributed by atoms with Crippen LogP contribution in [-0.4, -0.2) is 77.7 Å². The third kappa shape index (κ3) is 10.5. The lowest BCUT2D eigenvalue weighted by Crippen LogP contribution is -2.51. The second-order valence-corrected chi connectivity index (χ2v) is 15.9. The molecule has 0 saturated carbocycles. The molecule has 4 unspecified atom stereocenters. The maximum Gasteiger partial charge on any atom is 0.407 e. The highest BCUT2D eigenvalue weighted by atomic mass is 16.6. The van der Waals surface area contributed by atoms with Crippen molar-refractivity contribution in [1.29, 1.82) is 0 Å². The third-order valence-electron chi connectivity index (χ3n) is 11.8. The maximum absolute atomic E-state index is 14.1. The van der Waals surface area contributed by atoms with Gasteiger partial charge in [0.1, 0.15) is 25.3 Å². The summed E-state index contributed by atoms with van der Waals surface area (Å²) in [5.41, 5.74) is 6.69. The van der Waals surface area contributed by atoms with Gasteiger partial charge in [0.25, 0.3) is 5.91 Å². The van der Waals surface area contributed by atoms with Gasteiger partial charge in [0.05, 0.1) is 18.6 Å². The SMILES string of the molecule is C=CCCC(NC(=O)OCC1c2ccccc2-c2ccccc21)C(=O)OCC(NC(=O)C(CC=C)CC(=O)N1Cc2ccccc2CC1CO)C(=O)Nc1ccc2ccccc2c1. The number of aliphatic hydroxyl groups excluding tert-OH is 1. The van der Waals surface area contributed by atoms with Crippen molar-refractivity contribution in [1.82, 2.24) is 15.5 Å². The standard InChI is InChI=1S/C51H52N4O8/c1-3-5-23-45(54-51(61)63-31-44-42-21-12-10-19-40(42)41-20-11-13-22-43(41)44)50(60)62-32-46(49(59)52-38-25-24-33-15-6-7-16-34(33)26-38)53-48(58)36(14-4-2)28-47(57)55-29-37-18-9-8-17-35(37)27-39(55)30-56/h3-4,6-13,15-22,24-26,36,39,44-46,56H,1-2,5,14,23,27-32H2,(H,52,59)(H,53,58)(H,54,61). The molecule has 12 heteroatoms. The number of hydrogen-bond acceptors (Lipinski definition) is 8. The van der Waals surface area contributed by atoms with Crippen LogP contribution in [0.5, 0.6) is 0 Å². The van der Waals surface area contributed by atoms with E-state index in [2.05, 4.69) is 29.1 Å². The van der Waals surface area contributed by atoms with E-state index in [1.54, 1.807) is 23.1 Å². The summed E-state index contributed by atoms with van der Waals surface area (Å²) in [5, 5.41) is 20.2. The number of carbonyl (C=O) groups excluding carboxylic acids is 5. The number of allylic oxidation sites excluding steroid dienone is 2. The molecular formula is C51H52N4O8. The number of fused-ring (bicyclic) bond motifs is 5. The third-order valence-corrected chi connectivity index (χ3v) is 11.8. The van der Waals surface area contributed by atoms with Crippen molar-refractivity contribution < 1.29 is 38.6 Å². The molecule has 0 radical (unpaired) electrons. The number of carbonyl (C=O) groups is 5. The number of nitrogens with one attached hydrogen (secondary N) is 3. The fraction of sp³-hybridized carbons (Fsp3) is 0.275. The Balaban J connectivity index is 1.04. The van der Waals surface area contributed by atoms with Crippen LogP contribution in [0.15, 0.2) is 141 Å². The lowest BCUT2D eigenvalue weighted by Gasteiger charge is -2.36. The van der Waals surface area contributed by atoms with Crippen molar-refractivity contribution in [3.8, 4) is 11.1 Å². The van der Waals surface area contributed by atoms with E-state index < -0.39 is 54.5 Å². The number of nitrogens with zero attached hydrogens (tertiary/aromatic N) is 1. The van der Waals surface area contributed by atoms with Gasteiger partial charge >= 0.3 is 12.1 Å². The average Bonchev–Trinajstić information content (AvgIpc) is 3.63. The molecule has 4 N–H and O–H groups in total. The van der Waals surface area contributed by atoms with Gasteiger partial charge in [-0.3, -0.25) is 14.4 Å². The highest BCUT2D eigenvalue weighted by Crippen LogP contribution is 2.44. The van der Waals surface area contributed by atoms with Gasteiger partial charge in [0.2, 0.25) is 11.8 Å². The number of amides is 4. The summed E-state index contributed by atoms with van der Waals surface area (Å²) in [4.78, 5) is 70.5. The second-order valence-electron chi connectivity index (χ2n) is 15.9. The number of hydrogen-bond donors (Lipinski definition) is 4. The van der Waals surface area contributed by atoms with Crippen LogP contribution >= 0.6 is 0 Å². The van der Waals surface area contributed by atoms with Crippen molar-refractivity contribution in [3.05, 3.63) is 163 Å². The van der Waals surface area contributed by atoms with E-state index in [1.165, 1.54) is 6.08 Å². The van der Waals surface area contributed by atoms with Crippen LogP contribution in [0.2, 0.25) is 0 Å². The Hall–Kier alpha value is -7.05.